The maximum atomic E-state index is 12.1. The first kappa shape index (κ1) is 11.6. The molecule has 1 aromatic rings. The van der Waals surface area contributed by atoms with E-state index < -0.39 is 16.1 Å². The molecule has 1 radical (unpaired) electrons. The van der Waals surface area contributed by atoms with Crippen LogP contribution in [-0.2, 0) is 15.1 Å². The second kappa shape index (κ2) is 4.16. The van der Waals surface area contributed by atoms with Gasteiger partial charge < -0.3 is 0 Å². The topological polar surface area (TPSA) is 57.3 Å². The Morgan fingerprint density at radius 1 is 1.25 bits per heavy atom. The van der Waals surface area contributed by atoms with Gasteiger partial charge in [0.25, 0.3) is 0 Å². The second-order valence-corrected chi connectivity index (χ2v) is 6.02. The summed E-state index contributed by atoms with van der Waals surface area (Å²) in [5.74, 6) is 0. The SMILES string of the molecule is Cc1ccc(S(=O)(=O)N2CCC([O])C2)cc1. The molecule has 16 heavy (non-hydrogen) atoms. The minimum Gasteiger partial charge on any atom is -0.232 e. The van der Waals surface area contributed by atoms with Crippen LogP contribution in [0.5, 0.6) is 0 Å². The molecule has 1 aromatic carbocycles. The summed E-state index contributed by atoms with van der Waals surface area (Å²) in [4.78, 5) is 0.271. The lowest BCUT2D eigenvalue weighted by Gasteiger charge is -2.15. The van der Waals surface area contributed by atoms with Gasteiger partial charge in [-0.2, -0.15) is 4.31 Å². The Morgan fingerprint density at radius 2 is 1.88 bits per heavy atom. The Kier molecular flexibility index (Phi) is 3.01. The first-order valence-electron chi connectivity index (χ1n) is 5.23. The monoisotopic (exact) mass is 240 g/mol. The molecule has 0 amide bonds. The van der Waals surface area contributed by atoms with Gasteiger partial charge in [0.05, 0.1) is 4.90 Å². The maximum absolute atomic E-state index is 12.1. The van der Waals surface area contributed by atoms with E-state index in [0.29, 0.717) is 13.0 Å². The van der Waals surface area contributed by atoms with Crippen LogP contribution in [0.3, 0.4) is 0 Å². The number of aryl methyl sites for hydroxylation is 1. The number of rotatable bonds is 2. The van der Waals surface area contributed by atoms with Gasteiger partial charge in [0.15, 0.2) is 0 Å². The molecule has 87 valence electrons. The quantitative estimate of drug-likeness (QED) is 0.779. The number of nitrogens with zero attached hydrogens (tertiary/aromatic N) is 1. The van der Waals surface area contributed by atoms with Crippen molar-refractivity contribution in [1.29, 1.82) is 0 Å². The molecule has 1 aliphatic heterocycles. The third-order valence-corrected chi connectivity index (χ3v) is 4.65. The van der Waals surface area contributed by atoms with Crippen LogP contribution in [-0.4, -0.2) is 31.9 Å². The summed E-state index contributed by atoms with van der Waals surface area (Å²) in [6.45, 7) is 2.33. The standard InChI is InChI=1S/C11H14NO3S/c1-9-2-4-11(5-3-9)16(14,15)12-7-6-10(13)8-12/h2-5,10H,6-8H2,1H3. The van der Waals surface area contributed by atoms with Crippen molar-refractivity contribution in [3.05, 3.63) is 29.8 Å². The molecule has 1 aliphatic rings. The zero-order valence-electron chi connectivity index (χ0n) is 9.09. The minimum absolute atomic E-state index is 0.0935. The highest BCUT2D eigenvalue weighted by Gasteiger charge is 2.32. The molecular weight excluding hydrogens is 226 g/mol. The molecule has 0 bridgehead atoms. The molecule has 0 aromatic heterocycles. The summed E-state index contributed by atoms with van der Waals surface area (Å²) in [7, 11) is -3.46. The fourth-order valence-electron chi connectivity index (χ4n) is 1.78. The van der Waals surface area contributed by atoms with E-state index in [1.165, 1.54) is 4.31 Å². The summed E-state index contributed by atoms with van der Waals surface area (Å²) in [5.41, 5.74) is 1.02. The van der Waals surface area contributed by atoms with Gasteiger partial charge in [-0.05, 0) is 25.5 Å². The van der Waals surface area contributed by atoms with Crippen LogP contribution in [0.4, 0.5) is 0 Å². The van der Waals surface area contributed by atoms with Crippen LogP contribution in [0, 0.1) is 6.92 Å². The number of hydrogen-bond acceptors (Lipinski definition) is 2. The van der Waals surface area contributed by atoms with E-state index in [2.05, 4.69) is 0 Å². The zero-order chi connectivity index (χ0) is 11.8. The van der Waals surface area contributed by atoms with Crippen molar-refractivity contribution in [3.63, 3.8) is 0 Å². The van der Waals surface area contributed by atoms with E-state index in [0.717, 1.165) is 5.56 Å². The van der Waals surface area contributed by atoms with Crippen molar-refractivity contribution in [3.8, 4) is 0 Å². The minimum atomic E-state index is -3.46. The lowest BCUT2D eigenvalue weighted by molar-refractivity contribution is 0.102. The van der Waals surface area contributed by atoms with Crippen molar-refractivity contribution in [1.82, 2.24) is 4.31 Å². The zero-order valence-corrected chi connectivity index (χ0v) is 9.90. The Morgan fingerprint density at radius 3 is 2.38 bits per heavy atom. The van der Waals surface area contributed by atoms with E-state index in [1.54, 1.807) is 24.3 Å². The number of sulfonamides is 1. The van der Waals surface area contributed by atoms with Gasteiger partial charge in [0.2, 0.25) is 10.0 Å². The lowest BCUT2D eigenvalue weighted by atomic mass is 10.2. The van der Waals surface area contributed by atoms with Crippen LogP contribution in [0.15, 0.2) is 29.2 Å². The highest BCUT2D eigenvalue weighted by Crippen LogP contribution is 2.21. The average molecular weight is 240 g/mol. The van der Waals surface area contributed by atoms with E-state index >= 15 is 0 Å². The Hall–Kier alpha value is -0.910. The number of benzene rings is 1. The predicted octanol–water partition coefficient (Wildman–Crippen LogP) is 1.19. The lowest BCUT2D eigenvalue weighted by Crippen LogP contribution is -2.29. The molecule has 4 nitrogen and oxygen atoms in total. The van der Waals surface area contributed by atoms with E-state index in [4.69, 9.17) is 0 Å². The van der Waals surface area contributed by atoms with Gasteiger partial charge in [-0.15, -0.1) is 0 Å². The smallest absolute Gasteiger partial charge is 0.232 e. The van der Waals surface area contributed by atoms with Crippen molar-refractivity contribution in [2.24, 2.45) is 0 Å². The van der Waals surface area contributed by atoms with Crippen LogP contribution in [0.25, 0.3) is 0 Å². The second-order valence-electron chi connectivity index (χ2n) is 4.09. The number of hydrogen-bond donors (Lipinski definition) is 0. The molecule has 0 spiro atoms. The third-order valence-electron chi connectivity index (χ3n) is 2.77. The van der Waals surface area contributed by atoms with Crippen molar-refractivity contribution >= 4 is 10.0 Å². The molecule has 1 fully saturated rings. The maximum Gasteiger partial charge on any atom is 0.243 e. The molecule has 0 saturated carbocycles. The Labute approximate surface area is 95.6 Å². The first-order chi connectivity index (χ1) is 7.50. The normalized spacial score (nSPS) is 22.5. The van der Waals surface area contributed by atoms with Crippen LogP contribution < -0.4 is 0 Å². The first-order valence-corrected chi connectivity index (χ1v) is 6.67. The molecule has 1 heterocycles. The van der Waals surface area contributed by atoms with Gasteiger partial charge in [0.1, 0.15) is 6.10 Å². The summed E-state index contributed by atoms with van der Waals surface area (Å²) in [6, 6.07) is 6.70. The summed E-state index contributed by atoms with van der Waals surface area (Å²) < 4.78 is 25.4. The highest BCUT2D eigenvalue weighted by atomic mass is 32.2. The molecule has 5 heteroatoms. The van der Waals surface area contributed by atoms with Gasteiger partial charge in [-0.1, -0.05) is 17.7 Å². The Balaban J connectivity index is 2.29. The van der Waals surface area contributed by atoms with Crippen molar-refractivity contribution in [2.45, 2.75) is 24.3 Å². The van der Waals surface area contributed by atoms with Crippen molar-refractivity contribution in [2.75, 3.05) is 13.1 Å². The molecule has 1 atom stereocenters. The molecule has 0 aliphatic carbocycles. The average Bonchev–Trinajstić information content (AvgIpc) is 2.66. The van der Waals surface area contributed by atoms with Crippen molar-refractivity contribution < 1.29 is 13.5 Å². The van der Waals surface area contributed by atoms with E-state index in [9.17, 15) is 13.5 Å². The summed E-state index contributed by atoms with van der Waals surface area (Å²) >= 11 is 0. The van der Waals surface area contributed by atoms with E-state index in [-0.39, 0.29) is 11.4 Å². The predicted molar refractivity (Wildman–Crippen MR) is 59.0 cm³/mol. The molecular formula is C11H14NO3S. The van der Waals surface area contributed by atoms with Crippen LogP contribution >= 0.6 is 0 Å². The fraction of sp³-hybridized carbons (Fsp3) is 0.455. The fourth-order valence-corrected chi connectivity index (χ4v) is 3.26. The van der Waals surface area contributed by atoms with Gasteiger partial charge in [0, 0.05) is 13.1 Å². The molecule has 1 unspecified atom stereocenters. The summed E-state index contributed by atoms with van der Waals surface area (Å²) in [6.07, 6.45) is -0.370. The van der Waals surface area contributed by atoms with Gasteiger partial charge in [-0.25, -0.2) is 13.5 Å². The largest absolute Gasteiger partial charge is 0.243 e. The van der Waals surface area contributed by atoms with E-state index in [1.807, 2.05) is 6.92 Å². The highest BCUT2D eigenvalue weighted by molar-refractivity contribution is 7.89. The van der Waals surface area contributed by atoms with Gasteiger partial charge in [-0.3, -0.25) is 0 Å². The summed E-state index contributed by atoms with van der Waals surface area (Å²) in [5, 5.41) is 11.2. The Bertz CT molecular complexity index is 467. The molecule has 0 N–H and O–H groups in total. The van der Waals surface area contributed by atoms with Crippen LogP contribution in [0.2, 0.25) is 0 Å². The van der Waals surface area contributed by atoms with Crippen LogP contribution in [0.1, 0.15) is 12.0 Å². The molecule has 2 rings (SSSR count). The molecule has 1 saturated heterocycles. The van der Waals surface area contributed by atoms with Gasteiger partial charge >= 0.3 is 0 Å². The third kappa shape index (κ3) is 2.11.